The first-order valence-corrected chi connectivity index (χ1v) is 11.2. The van der Waals surface area contributed by atoms with E-state index in [2.05, 4.69) is 5.32 Å². The van der Waals surface area contributed by atoms with E-state index in [1.165, 1.54) is 26.2 Å². The lowest BCUT2D eigenvalue weighted by molar-refractivity contribution is -0.134. The molecule has 1 N–H and O–H groups in total. The lowest BCUT2D eigenvalue weighted by atomic mass is 9.81. The fourth-order valence-corrected chi connectivity index (χ4v) is 5.86. The van der Waals surface area contributed by atoms with Gasteiger partial charge in [0.15, 0.2) is 9.84 Å². The Hall–Kier alpha value is -1.11. The highest BCUT2D eigenvalue weighted by Crippen LogP contribution is 2.34. The van der Waals surface area contributed by atoms with Crippen molar-refractivity contribution in [3.63, 3.8) is 0 Å². The van der Waals surface area contributed by atoms with Crippen molar-refractivity contribution >= 4 is 21.7 Å². The summed E-state index contributed by atoms with van der Waals surface area (Å²) in [4.78, 5) is 26.5. The van der Waals surface area contributed by atoms with Crippen LogP contribution in [0, 0.1) is 5.92 Å². The second-order valence-corrected chi connectivity index (χ2v) is 10.8. The monoisotopic (exact) mass is 370 g/mol. The van der Waals surface area contributed by atoms with Gasteiger partial charge in [-0.2, -0.15) is 0 Å². The van der Waals surface area contributed by atoms with E-state index in [-0.39, 0.29) is 29.7 Å². The molecule has 1 aliphatic heterocycles. The summed E-state index contributed by atoms with van der Waals surface area (Å²) in [5, 5.41) is 2.89. The number of sulfone groups is 1. The lowest BCUT2D eigenvalue weighted by Crippen LogP contribution is -2.58. The van der Waals surface area contributed by atoms with Gasteiger partial charge in [-0.05, 0) is 44.9 Å². The summed E-state index contributed by atoms with van der Waals surface area (Å²) >= 11 is 0. The highest BCUT2D eigenvalue weighted by atomic mass is 32.2. The first kappa shape index (κ1) is 18.7. The van der Waals surface area contributed by atoms with E-state index in [1.54, 1.807) is 0 Å². The molecule has 3 fully saturated rings. The molecule has 3 rings (SSSR count). The maximum absolute atomic E-state index is 12.4. The average molecular weight is 371 g/mol. The van der Waals surface area contributed by atoms with Gasteiger partial charge >= 0.3 is 0 Å². The molecular formula is C18H30N2O4S. The molecule has 1 atom stereocenters. The van der Waals surface area contributed by atoms with Crippen LogP contribution < -0.4 is 5.32 Å². The summed E-state index contributed by atoms with van der Waals surface area (Å²) in [5.74, 6) is 0.655. The Kier molecular flexibility index (Phi) is 5.15. The summed E-state index contributed by atoms with van der Waals surface area (Å²) in [6.07, 6.45) is 7.81. The molecule has 0 radical (unpaired) electrons. The second-order valence-electron chi connectivity index (χ2n) is 8.29. The summed E-state index contributed by atoms with van der Waals surface area (Å²) in [7, 11) is -1.51. The number of carbonyl (C=O) groups is 2. The van der Waals surface area contributed by atoms with Gasteiger partial charge in [-0.25, -0.2) is 8.42 Å². The fourth-order valence-electron chi connectivity index (χ4n) is 4.08. The van der Waals surface area contributed by atoms with Crippen molar-refractivity contribution in [3.8, 4) is 0 Å². The van der Waals surface area contributed by atoms with E-state index in [1.807, 2.05) is 11.9 Å². The first-order valence-electron chi connectivity index (χ1n) is 9.52. The third-order valence-corrected chi connectivity index (χ3v) is 9.20. The van der Waals surface area contributed by atoms with E-state index in [0.717, 1.165) is 12.3 Å². The van der Waals surface area contributed by atoms with Gasteiger partial charge in [-0.3, -0.25) is 9.59 Å². The van der Waals surface area contributed by atoms with Crippen LogP contribution in [0.25, 0.3) is 0 Å². The maximum atomic E-state index is 12.4. The van der Waals surface area contributed by atoms with E-state index in [4.69, 9.17) is 0 Å². The Morgan fingerprint density at radius 1 is 1.20 bits per heavy atom. The number of carbonyl (C=O) groups excluding carboxylic acids is 2. The molecule has 1 heterocycles. The number of hydrogen-bond acceptors (Lipinski definition) is 4. The molecule has 2 saturated carbocycles. The molecule has 25 heavy (non-hydrogen) atoms. The van der Waals surface area contributed by atoms with Crippen LogP contribution in [0.5, 0.6) is 0 Å². The van der Waals surface area contributed by atoms with Crippen molar-refractivity contribution in [2.45, 2.75) is 81.5 Å². The van der Waals surface area contributed by atoms with E-state index in [0.29, 0.717) is 32.1 Å². The first-order chi connectivity index (χ1) is 11.7. The second kappa shape index (κ2) is 6.89. The van der Waals surface area contributed by atoms with Crippen molar-refractivity contribution < 1.29 is 18.0 Å². The zero-order valence-electron chi connectivity index (χ0n) is 15.3. The topological polar surface area (TPSA) is 83.6 Å². The zero-order valence-corrected chi connectivity index (χ0v) is 16.1. The molecule has 0 aromatic rings. The minimum absolute atomic E-state index is 0.0213. The van der Waals surface area contributed by atoms with E-state index < -0.39 is 14.6 Å². The molecule has 2 amide bonds. The van der Waals surface area contributed by atoms with E-state index >= 15 is 0 Å². The summed E-state index contributed by atoms with van der Waals surface area (Å²) in [6, 6.07) is 0.138. The Balaban J connectivity index is 1.42. The minimum atomic E-state index is -3.35. The highest BCUT2D eigenvalue weighted by Gasteiger charge is 2.50. The van der Waals surface area contributed by atoms with Gasteiger partial charge in [0.2, 0.25) is 11.8 Å². The number of amides is 2. The Morgan fingerprint density at radius 3 is 2.40 bits per heavy atom. The molecule has 2 aliphatic carbocycles. The van der Waals surface area contributed by atoms with Gasteiger partial charge in [-0.15, -0.1) is 0 Å². The molecular weight excluding hydrogens is 340 g/mol. The number of nitrogens with one attached hydrogen (secondary N) is 1. The van der Waals surface area contributed by atoms with Gasteiger partial charge in [0.05, 0.1) is 5.75 Å². The molecule has 6 nitrogen and oxygen atoms in total. The summed E-state index contributed by atoms with van der Waals surface area (Å²) < 4.78 is 23.0. The average Bonchev–Trinajstić information content (AvgIpc) is 2.74. The van der Waals surface area contributed by atoms with E-state index in [9.17, 15) is 18.0 Å². The molecule has 1 saturated heterocycles. The third kappa shape index (κ3) is 3.57. The van der Waals surface area contributed by atoms with Crippen LogP contribution in [0.2, 0.25) is 0 Å². The molecule has 0 aromatic carbocycles. The molecule has 7 heteroatoms. The number of hydrogen-bond donors (Lipinski definition) is 1. The molecule has 0 bridgehead atoms. The van der Waals surface area contributed by atoms with Crippen LogP contribution in [0.15, 0.2) is 0 Å². The van der Waals surface area contributed by atoms with Gasteiger partial charge in [0.1, 0.15) is 4.75 Å². The Bertz CT molecular complexity index is 637. The third-order valence-electron chi connectivity index (χ3n) is 6.61. The smallest absolute Gasteiger partial charge is 0.241 e. The molecule has 3 aliphatic rings. The Morgan fingerprint density at radius 2 is 1.88 bits per heavy atom. The lowest BCUT2D eigenvalue weighted by Gasteiger charge is -2.42. The normalized spacial score (nSPS) is 34.0. The van der Waals surface area contributed by atoms with Crippen molar-refractivity contribution in [3.05, 3.63) is 0 Å². The molecule has 0 spiro atoms. The van der Waals surface area contributed by atoms with Crippen molar-refractivity contribution in [1.29, 1.82) is 0 Å². The number of nitrogens with zero attached hydrogens (tertiary/aromatic N) is 1. The van der Waals surface area contributed by atoms with Crippen molar-refractivity contribution in [2.24, 2.45) is 5.92 Å². The zero-order chi connectivity index (χ0) is 18.2. The van der Waals surface area contributed by atoms with Gasteiger partial charge < -0.3 is 10.2 Å². The largest absolute Gasteiger partial charge is 0.352 e. The standard InChI is InChI=1S/C18H30N2O4S/c1-18(9-4-10-25(18,23)24)17(22)19-14-11-15(12-14)20(2)16(21)8-7-13-5-3-6-13/h13-15H,3-12H2,1-2H3,(H,19,22). The quantitative estimate of drug-likeness (QED) is 0.770. The fraction of sp³-hybridized carbons (Fsp3) is 0.889. The van der Waals surface area contributed by atoms with Crippen LogP contribution in [0.4, 0.5) is 0 Å². The van der Waals surface area contributed by atoms with Crippen molar-refractivity contribution in [1.82, 2.24) is 10.2 Å². The molecule has 1 unspecified atom stereocenters. The predicted octanol–water partition coefficient (Wildman–Crippen LogP) is 1.64. The summed E-state index contributed by atoms with van der Waals surface area (Å²) in [5.41, 5.74) is 0. The predicted molar refractivity (Wildman–Crippen MR) is 95.7 cm³/mol. The highest BCUT2D eigenvalue weighted by molar-refractivity contribution is 7.93. The molecule has 0 aromatic heterocycles. The van der Waals surface area contributed by atoms with Gasteiger partial charge in [-0.1, -0.05) is 19.3 Å². The molecule has 142 valence electrons. The minimum Gasteiger partial charge on any atom is -0.352 e. The van der Waals surface area contributed by atoms with Crippen LogP contribution >= 0.6 is 0 Å². The van der Waals surface area contributed by atoms with Crippen molar-refractivity contribution in [2.75, 3.05) is 12.8 Å². The summed E-state index contributed by atoms with van der Waals surface area (Å²) in [6.45, 7) is 1.54. The van der Waals surface area contributed by atoms with Gasteiger partial charge in [0, 0.05) is 25.6 Å². The number of rotatable bonds is 6. The van der Waals surface area contributed by atoms with Gasteiger partial charge in [0.25, 0.3) is 0 Å². The van der Waals surface area contributed by atoms with Crippen LogP contribution in [-0.2, 0) is 19.4 Å². The van der Waals surface area contributed by atoms with Crippen LogP contribution in [0.1, 0.15) is 64.7 Å². The SMILES string of the molecule is CN(C(=O)CCC1CCC1)C1CC(NC(=O)C2(C)CCCS2(=O)=O)C1. The van der Waals surface area contributed by atoms with Crippen LogP contribution in [-0.4, -0.2) is 54.8 Å². The van der Waals surface area contributed by atoms with Crippen LogP contribution in [0.3, 0.4) is 0 Å². The Labute approximate surface area is 150 Å². The maximum Gasteiger partial charge on any atom is 0.241 e.